The molecule has 0 aliphatic carbocycles. The highest BCUT2D eigenvalue weighted by atomic mass is 35.5. The summed E-state index contributed by atoms with van der Waals surface area (Å²) >= 11 is 7.47. The van der Waals surface area contributed by atoms with Crippen LogP contribution in [0.4, 0.5) is 0 Å². The summed E-state index contributed by atoms with van der Waals surface area (Å²) < 4.78 is 5.70. The van der Waals surface area contributed by atoms with Gasteiger partial charge in [-0.3, -0.25) is 9.59 Å². The van der Waals surface area contributed by atoms with Gasteiger partial charge in [-0.25, -0.2) is 0 Å². The average molecular weight is 393 g/mol. The maximum atomic E-state index is 12.9. The Balaban J connectivity index is 1.58. The van der Waals surface area contributed by atoms with Crippen molar-refractivity contribution in [2.75, 3.05) is 19.6 Å². The lowest BCUT2D eigenvalue weighted by molar-refractivity contribution is -0.137. The molecule has 0 aromatic carbocycles. The van der Waals surface area contributed by atoms with Crippen LogP contribution in [0.3, 0.4) is 0 Å². The molecular formula is C19H21ClN2O3S. The first-order chi connectivity index (χ1) is 12.6. The van der Waals surface area contributed by atoms with E-state index in [1.54, 1.807) is 17.0 Å². The lowest BCUT2D eigenvalue weighted by atomic mass is 9.94. The van der Waals surface area contributed by atoms with Gasteiger partial charge < -0.3 is 14.2 Å². The minimum absolute atomic E-state index is 0.0409. The van der Waals surface area contributed by atoms with Crippen LogP contribution >= 0.6 is 22.9 Å². The van der Waals surface area contributed by atoms with Gasteiger partial charge in [0.25, 0.3) is 5.91 Å². The molecule has 2 aromatic heterocycles. The zero-order chi connectivity index (χ0) is 18.5. The van der Waals surface area contributed by atoms with Crippen LogP contribution in [-0.4, -0.2) is 41.2 Å². The standard InChI is InChI=1S/C19H21ClN2O3S/c1-2-8-22(12-16-3-4-17(20)26-16)18(23)14-5-9-21(10-6-14)19(24)15-7-11-25-13-15/h2-4,7,11,13-14H,1,5-6,8-10,12H2. The fourth-order valence-electron chi connectivity index (χ4n) is 3.17. The van der Waals surface area contributed by atoms with Gasteiger partial charge in [0.05, 0.1) is 22.7 Å². The summed E-state index contributed by atoms with van der Waals surface area (Å²) in [5, 5.41) is 0. The molecule has 0 bridgehead atoms. The van der Waals surface area contributed by atoms with Crippen molar-refractivity contribution in [2.45, 2.75) is 19.4 Å². The fourth-order valence-corrected chi connectivity index (χ4v) is 4.27. The average Bonchev–Trinajstić information content (AvgIpc) is 3.32. The number of halogens is 1. The largest absolute Gasteiger partial charge is 0.472 e. The van der Waals surface area contributed by atoms with Gasteiger partial charge in [0.1, 0.15) is 6.26 Å². The molecule has 5 nitrogen and oxygen atoms in total. The van der Waals surface area contributed by atoms with E-state index in [0.29, 0.717) is 44.6 Å². The zero-order valence-electron chi connectivity index (χ0n) is 14.4. The molecule has 1 fully saturated rings. The van der Waals surface area contributed by atoms with Crippen LogP contribution in [0, 0.1) is 5.92 Å². The van der Waals surface area contributed by atoms with E-state index in [2.05, 4.69) is 6.58 Å². The molecule has 3 heterocycles. The molecule has 1 aliphatic rings. The highest BCUT2D eigenvalue weighted by Crippen LogP contribution is 2.25. The molecule has 1 aliphatic heterocycles. The third kappa shape index (κ3) is 4.37. The Morgan fingerprint density at radius 1 is 1.35 bits per heavy atom. The molecule has 0 saturated carbocycles. The molecule has 26 heavy (non-hydrogen) atoms. The number of nitrogens with zero attached hydrogens (tertiary/aromatic N) is 2. The quantitative estimate of drug-likeness (QED) is 0.696. The number of rotatable bonds is 6. The maximum absolute atomic E-state index is 12.9. The molecule has 0 atom stereocenters. The van der Waals surface area contributed by atoms with Gasteiger partial charge in [0, 0.05) is 30.4 Å². The Morgan fingerprint density at radius 2 is 2.12 bits per heavy atom. The van der Waals surface area contributed by atoms with Crippen LogP contribution in [0.5, 0.6) is 0 Å². The van der Waals surface area contributed by atoms with Crippen molar-refractivity contribution in [1.29, 1.82) is 0 Å². The minimum Gasteiger partial charge on any atom is -0.472 e. The number of piperidine rings is 1. The van der Waals surface area contributed by atoms with E-state index in [4.69, 9.17) is 16.0 Å². The molecule has 0 N–H and O–H groups in total. The summed E-state index contributed by atoms with van der Waals surface area (Å²) in [5.74, 6) is 0.00411. The van der Waals surface area contributed by atoms with Gasteiger partial charge in [0.2, 0.25) is 5.91 Å². The van der Waals surface area contributed by atoms with Gasteiger partial charge >= 0.3 is 0 Å². The van der Waals surface area contributed by atoms with E-state index in [0.717, 1.165) is 9.21 Å². The summed E-state index contributed by atoms with van der Waals surface area (Å²) in [4.78, 5) is 29.9. The van der Waals surface area contributed by atoms with Crippen molar-refractivity contribution in [3.8, 4) is 0 Å². The molecule has 1 saturated heterocycles. The van der Waals surface area contributed by atoms with Crippen LogP contribution in [0.25, 0.3) is 0 Å². The van der Waals surface area contributed by atoms with Crippen molar-refractivity contribution >= 4 is 34.8 Å². The van der Waals surface area contributed by atoms with Crippen molar-refractivity contribution < 1.29 is 14.0 Å². The molecule has 0 unspecified atom stereocenters. The van der Waals surface area contributed by atoms with Gasteiger partial charge in [0.15, 0.2) is 0 Å². The molecule has 138 valence electrons. The number of hydrogen-bond acceptors (Lipinski definition) is 4. The van der Waals surface area contributed by atoms with Gasteiger partial charge in [-0.05, 0) is 31.0 Å². The van der Waals surface area contributed by atoms with Crippen LogP contribution in [0.15, 0.2) is 47.8 Å². The Morgan fingerprint density at radius 3 is 2.69 bits per heavy atom. The SMILES string of the molecule is C=CCN(Cc1ccc(Cl)s1)C(=O)C1CCN(C(=O)c2ccoc2)CC1. The number of amides is 2. The number of thiophene rings is 1. The second kappa shape index (κ2) is 8.56. The Bertz CT molecular complexity index is 764. The molecule has 2 aromatic rings. The third-order valence-electron chi connectivity index (χ3n) is 4.54. The third-order valence-corrected chi connectivity index (χ3v) is 5.75. The summed E-state index contributed by atoms with van der Waals surface area (Å²) in [7, 11) is 0. The summed E-state index contributed by atoms with van der Waals surface area (Å²) in [6.07, 6.45) is 6.03. The summed E-state index contributed by atoms with van der Waals surface area (Å²) in [6, 6.07) is 5.46. The van der Waals surface area contributed by atoms with Crippen LogP contribution in [0.2, 0.25) is 4.34 Å². The van der Waals surface area contributed by atoms with E-state index in [9.17, 15) is 9.59 Å². The summed E-state index contributed by atoms with van der Waals surface area (Å²) in [6.45, 7) is 5.95. The second-order valence-electron chi connectivity index (χ2n) is 6.29. The molecule has 0 radical (unpaired) electrons. The van der Waals surface area contributed by atoms with Crippen LogP contribution < -0.4 is 0 Å². The Kier molecular flexibility index (Phi) is 6.16. The van der Waals surface area contributed by atoms with Crippen LogP contribution in [0.1, 0.15) is 28.1 Å². The Labute approximate surface area is 161 Å². The molecule has 3 rings (SSSR count). The number of carbonyl (C=O) groups is 2. The smallest absolute Gasteiger partial charge is 0.257 e. The highest BCUT2D eigenvalue weighted by Gasteiger charge is 2.30. The highest BCUT2D eigenvalue weighted by molar-refractivity contribution is 7.16. The van der Waals surface area contributed by atoms with E-state index < -0.39 is 0 Å². The van der Waals surface area contributed by atoms with Crippen molar-refractivity contribution in [2.24, 2.45) is 5.92 Å². The second-order valence-corrected chi connectivity index (χ2v) is 8.09. The van der Waals surface area contributed by atoms with Gasteiger partial charge in [-0.15, -0.1) is 17.9 Å². The predicted molar refractivity (Wildman–Crippen MR) is 102 cm³/mol. The zero-order valence-corrected chi connectivity index (χ0v) is 16.0. The number of hydrogen-bond donors (Lipinski definition) is 0. The number of likely N-dealkylation sites (tertiary alicyclic amines) is 1. The van der Waals surface area contributed by atoms with E-state index in [1.165, 1.54) is 23.9 Å². The molecule has 7 heteroatoms. The lowest BCUT2D eigenvalue weighted by Gasteiger charge is -2.33. The first-order valence-electron chi connectivity index (χ1n) is 8.54. The lowest BCUT2D eigenvalue weighted by Crippen LogP contribution is -2.44. The normalized spacial score (nSPS) is 15.0. The predicted octanol–water partition coefficient (Wildman–Crippen LogP) is 4.06. The van der Waals surface area contributed by atoms with E-state index >= 15 is 0 Å². The fraction of sp³-hybridized carbons (Fsp3) is 0.368. The van der Waals surface area contributed by atoms with Gasteiger partial charge in [-0.1, -0.05) is 17.7 Å². The minimum atomic E-state index is -0.0706. The number of furan rings is 1. The van der Waals surface area contributed by atoms with Crippen LogP contribution in [-0.2, 0) is 11.3 Å². The summed E-state index contributed by atoms with van der Waals surface area (Å²) in [5.41, 5.74) is 0.553. The maximum Gasteiger partial charge on any atom is 0.257 e. The van der Waals surface area contributed by atoms with Crippen molar-refractivity contribution in [3.05, 3.63) is 58.2 Å². The van der Waals surface area contributed by atoms with Crippen molar-refractivity contribution in [1.82, 2.24) is 9.80 Å². The molecule has 2 amide bonds. The first-order valence-corrected chi connectivity index (χ1v) is 9.73. The molecular weight excluding hydrogens is 372 g/mol. The van der Waals surface area contributed by atoms with E-state index in [-0.39, 0.29) is 17.7 Å². The van der Waals surface area contributed by atoms with Crippen molar-refractivity contribution in [3.63, 3.8) is 0 Å². The number of carbonyl (C=O) groups excluding carboxylic acids is 2. The first kappa shape index (κ1) is 18.7. The molecule has 0 spiro atoms. The van der Waals surface area contributed by atoms with Gasteiger partial charge in [-0.2, -0.15) is 0 Å². The Hall–Kier alpha value is -2.05. The monoisotopic (exact) mass is 392 g/mol. The topological polar surface area (TPSA) is 53.8 Å². The van der Waals surface area contributed by atoms with E-state index in [1.807, 2.05) is 17.0 Å².